The van der Waals surface area contributed by atoms with Gasteiger partial charge >= 0.3 is 5.97 Å². The fraction of sp³-hybridized carbons (Fsp3) is 0.714. The summed E-state index contributed by atoms with van der Waals surface area (Å²) in [6.45, 7) is 0. The molecule has 2 unspecified atom stereocenters. The van der Waals surface area contributed by atoms with E-state index in [9.17, 15) is 4.79 Å². The van der Waals surface area contributed by atoms with Crippen LogP contribution in [0.15, 0.2) is 4.99 Å². The SMILES string of the molecule is NC(N)=NC1CCC(C(=O)O)C1. The molecule has 0 amide bonds. The number of nitrogens with zero attached hydrogens (tertiary/aromatic N) is 1. The van der Waals surface area contributed by atoms with Gasteiger partial charge in [0.05, 0.1) is 12.0 Å². The maximum Gasteiger partial charge on any atom is 0.306 e. The number of rotatable bonds is 2. The van der Waals surface area contributed by atoms with E-state index < -0.39 is 5.97 Å². The Labute approximate surface area is 70.5 Å². The fourth-order valence-corrected chi connectivity index (χ4v) is 1.51. The molecule has 5 N–H and O–H groups in total. The van der Waals surface area contributed by atoms with Crippen LogP contribution < -0.4 is 11.5 Å². The highest BCUT2D eigenvalue weighted by Gasteiger charge is 2.29. The average Bonchev–Trinajstić information content (AvgIpc) is 2.34. The molecule has 5 heteroatoms. The molecule has 0 heterocycles. The highest BCUT2D eigenvalue weighted by Crippen LogP contribution is 2.27. The maximum absolute atomic E-state index is 10.5. The average molecular weight is 171 g/mol. The fourth-order valence-electron chi connectivity index (χ4n) is 1.51. The molecule has 0 radical (unpaired) electrons. The predicted molar refractivity (Wildman–Crippen MR) is 44.6 cm³/mol. The maximum atomic E-state index is 10.5. The van der Waals surface area contributed by atoms with Gasteiger partial charge in [0.15, 0.2) is 5.96 Å². The molecule has 0 aliphatic heterocycles. The molecule has 0 saturated heterocycles. The van der Waals surface area contributed by atoms with Crippen molar-refractivity contribution in [3.8, 4) is 0 Å². The summed E-state index contributed by atoms with van der Waals surface area (Å²) < 4.78 is 0. The van der Waals surface area contributed by atoms with Gasteiger partial charge in [0.2, 0.25) is 0 Å². The number of nitrogens with two attached hydrogens (primary N) is 2. The lowest BCUT2D eigenvalue weighted by Gasteiger charge is -2.02. The lowest BCUT2D eigenvalue weighted by Crippen LogP contribution is -2.25. The van der Waals surface area contributed by atoms with Crippen molar-refractivity contribution in [1.29, 1.82) is 0 Å². The van der Waals surface area contributed by atoms with Gasteiger partial charge in [0.25, 0.3) is 0 Å². The predicted octanol–water partition coefficient (Wildman–Crippen LogP) is -0.487. The molecule has 0 aromatic heterocycles. The number of aliphatic imine (C=N–C) groups is 1. The van der Waals surface area contributed by atoms with Gasteiger partial charge < -0.3 is 16.6 Å². The Bertz CT molecular complexity index is 211. The van der Waals surface area contributed by atoms with Crippen LogP contribution in [0.1, 0.15) is 19.3 Å². The van der Waals surface area contributed by atoms with Crippen LogP contribution in [-0.4, -0.2) is 23.1 Å². The van der Waals surface area contributed by atoms with Crippen molar-refractivity contribution in [2.75, 3.05) is 0 Å². The van der Waals surface area contributed by atoms with Crippen LogP contribution in [0.2, 0.25) is 0 Å². The second-order valence-electron chi connectivity index (χ2n) is 3.06. The van der Waals surface area contributed by atoms with E-state index in [-0.39, 0.29) is 17.9 Å². The van der Waals surface area contributed by atoms with Crippen LogP contribution in [0.3, 0.4) is 0 Å². The van der Waals surface area contributed by atoms with Crippen LogP contribution in [0.5, 0.6) is 0 Å². The molecule has 0 aromatic carbocycles. The second kappa shape index (κ2) is 3.42. The van der Waals surface area contributed by atoms with E-state index >= 15 is 0 Å². The van der Waals surface area contributed by atoms with Crippen molar-refractivity contribution >= 4 is 11.9 Å². The van der Waals surface area contributed by atoms with Gasteiger partial charge in [-0.1, -0.05) is 0 Å². The van der Waals surface area contributed by atoms with Gasteiger partial charge in [0.1, 0.15) is 0 Å². The standard InChI is InChI=1S/C7H13N3O2/c8-7(9)10-5-2-1-4(3-5)6(11)12/h4-5H,1-3H2,(H,11,12)(H4,8,9,10). The molecule has 1 aliphatic carbocycles. The number of carbonyl (C=O) groups is 1. The van der Waals surface area contributed by atoms with Gasteiger partial charge in [-0.25, -0.2) is 0 Å². The molecular formula is C7H13N3O2. The number of hydrogen-bond donors (Lipinski definition) is 3. The highest BCUT2D eigenvalue weighted by atomic mass is 16.4. The van der Waals surface area contributed by atoms with Gasteiger partial charge in [-0.05, 0) is 19.3 Å². The van der Waals surface area contributed by atoms with Crippen LogP contribution in [0.25, 0.3) is 0 Å². The Kier molecular flexibility index (Phi) is 2.52. The van der Waals surface area contributed by atoms with E-state index in [0.717, 1.165) is 6.42 Å². The highest BCUT2D eigenvalue weighted by molar-refractivity contribution is 5.76. The first kappa shape index (κ1) is 8.83. The molecule has 2 atom stereocenters. The van der Waals surface area contributed by atoms with Crippen molar-refractivity contribution in [2.24, 2.45) is 22.4 Å². The summed E-state index contributed by atoms with van der Waals surface area (Å²) in [6.07, 6.45) is 2.01. The molecule has 12 heavy (non-hydrogen) atoms. The third-order valence-corrected chi connectivity index (χ3v) is 2.09. The number of aliphatic carboxylic acids is 1. The van der Waals surface area contributed by atoms with Crippen LogP contribution in [-0.2, 0) is 4.79 Å². The van der Waals surface area contributed by atoms with Gasteiger partial charge in [-0.3, -0.25) is 9.79 Å². The normalized spacial score (nSPS) is 28.3. The first-order chi connectivity index (χ1) is 5.59. The molecule has 0 spiro atoms. The third-order valence-electron chi connectivity index (χ3n) is 2.09. The van der Waals surface area contributed by atoms with E-state index in [2.05, 4.69) is 4.99 Å². The quantitative estimate of drug-likeness (QED) is 0.385. The first-order valence-electron chi connectivity index (χ1n) is 3.91. The Hall–Kier alpha value is -1.26. The summed E-state index contributed by atoms with van der Waals surface area (Å²) in [5.74, 6) is -0.965. The minimum Gasteiger partial charge on any atom is -0.481 e. The van der Waals surface area contributed by atoms with Crippen molar-refractivity contribution in [3.63, 3.8) is 0 Å². The largest absolute Gasteiger partial charge is 0.481 e. The van der Waals surface area contributed by atoms with Crippen LogP contribution >= 0.6 is 0 Å². The second-order valence-corrected chi connectivity index (χ2v) is 3.06. The molecule has 68 valence electrons. The van der Waals surface area contributed by atoms with Gasteiger partial charge in [-0.2, -0.15) is 0 Å². The molecule has 1 rings (SSSR count). The molecule has 1 aliphatic rings. The lowest BCUT2D eigenvalue weighted by atomic mass is 10.1. The summed E-state index contributed by atoms with van der Waals surface area (Å²) in [4.78, 5) is 14.4. The smallest absolute Gasteiger partial charge is 0.306 e. The van der Waals surface area contributed by atoms with Crippen molar-refractivity contribution in [3.05, 3.63) is 0 Å². The number of guanidine groups is 1. The van der Waals surface area contributed by atoms with E-state index in [1.165, 1.54) is 0 Å². The van der Waals surface area contributed by atoms with Gasteiger partial charge in [-0.15, -0.1) is 0 Å². The van der Waals surface area contributed by atoms with Crippen LogP contribution in [0.4, 0.5) is 0 Å². The molecule has 1 saturated carbocycles. The summed E-state index contributed by atoms with van der Waals surface area (Å²) in [5, 5.41) is 8.65. The van der Waals surface area contributed by atoms with Crippen molar-refractivity contribution < 1.29 is 9.90 Å². The first-order valence-corrected chi connectivity index (χ1v) is 3.91. The monoisotopic (exact) mass is 171 g/mol. The van der Waals surface area contributed by atoms with E-state index in [4.69, 9.17) is 16.6 Å². The molecule has 0 bridgehead atoms. The van der Waals surface area contributed by atoms with Crippen LogP contribution in [0, 0.1) is 5.92 Å². The van der Waals surface area contributed by atoms with Gasteiger partial charge in [0, 0.05) is 0 Å². The van der Waals surface area contributed by atoms with E-state index in [1.54, 1.807) is 0 Å². The van der Waals surface area contributed by atoms with E-state index in [1.807, 2.05) is 0 Å². The lowest BCUT2D eigenvalue weighted by molar-refractivity contribution is -0.141. The zero-order valence-corrected chi connectivity index (χ0v) is 6.73. The molecular weight excluding hydrogens is 158 g/mol. The Morgan fingerprint density at radius 2 is 2.08 bits per heavy atom. The zero-order valence-electron chi connectivity index (χ0n) is 6.73. The van der Waals surface area contributed by atoms with Crippen molar-refractivity contribution in [2.45, 2.75) is 25.3 Å². The number of hydrogen-bond acceptors (Lipinski definition) is 2. The number of carboxylic acids is 1. The molecule has 5 nitrogen and oxygen atoms in total. The van der Waals surface area contributed by atoms with Crippen molar-refractivity contribution in [1.82, 2.24) is 0 Å². The summed E-state index contributed by atoms with van der Waals surface area (Å²) in [5.41, 5.74) is 10.3. The molecule has 1 fully saturated rings. The third kappa shape index (κ3) is 2.11. The summed E-state index contributed by atoms with van der Waals surface area (Å²) in [7, 11) is 0. The Morgan fingerprint density at radius 3 is 2.50 bits per heavy atom. The minimum atomic E-state index is -0.747. The zero-order chi connectivity index (χ0) is 9.14. The summed E-state index contributed by atoms with van der Waals surface area (Å²) in [6, 6.07) is 0.0103. The Morgan fingerprint density at radius 1 is 1.42 bits per heavy atom. The number of carboxylic acid groups (broad SMARTS) is 1. The molecule has 0 aromatic rings. The Balaban J connectivity index is 2.46. The van der Waals surface area contributed by atoms with E-state index in [0.29, 0.717) is 12.8 Å². The summed E-state index contributed by atoms with van der Waals surface area (Å²) >= 11 is 0. The topological polar surface area (TPSA) is 102 Å². The minimum absolute atomic E-state index is 0.0103.